The Morgan fingerprint density at radius 2 is 1.45 bits per heavy atom. The van der Waals surface area contributed by atoms with Crippen molar-refractivity contribution in [3.05, 3.63) is 77.9 Å². The quantitative estimate of drug-likeness (QED) is 0.160. The number of carboxylic acid groups (broad SMARTS) is 1. The van der Waals surface area contributed by atoms with Gasteiger partial charge in [-0.25, -0.2) is 14.6 Å². The number of thiol groups is 2. The Labute approximate surface area is 241 Å². The molecule has 0 saturated carbocycles. The number of nitrogens with zero attached hydrogens (tertiary/aromatic N) is 1. The van der Waals surface area contributed by atoms with Gasteiger partial charge in [-0.15, -0.1) is 0 Å². The Morgan fingerprint density at radius 3 is 2.00 bits per heavy atom. The van der Waals surface area contributed by atoms with Crippen LogP contribution in [0.25, 0.3) is 11.1 Å². The SMILES string of the molecule is O=C(N[C@@H](CS)C(=O)N[C@@H](Cc1cnc[nH]1)C(=O)N[C@@H](CS)C(=O)O)OCC1c2ccccc2-c2ccccc21. The van der Waals surface area contributed by atoms with E-state index >= 15 is 0 Å². The van der Waals surface area contributed by atoms with Crippen LogP contribution in [0.5, 0.6) is 0 Å². The van der Waals surface area contributed by atoms with Crippen molar-refractivity contribution in [2.24, 2.45) is 0 Å². The number of H-pyrrole nitrogens is 1. The van der Waals surface area contributed by atoms with Crippen LogP contribution >= 0.6 is 25.3 Å². The van der Waals surface area contributed by atoms with Crippen molar-refractivity contribution in [1.82, 2.24) is 25.9 Å². The average Bonchev–Trinajstić information content (AvgIpc) is 3.58. The normalized spacial score (nSPS) is 14.2. The number of amides is 3. The summed E-state index contributed by atoms with van der Waals surface area (Å²) in [6.07, 6.45) is 2.08. The fourth-order valence-electron chi connectivity index (χ4n) is 4.53. The molecule has 3 aromatic rings. The Morgan fingerprint density at radius 1 is 0.875 bits per heavy atom. The molecule has 4 rings (SSSR count). The van der Waals surface area contributed by atoms with Gasteiger partial charge in [0.15, 0.2) is 0 Å². The molecule has 40 heavy (non-hydrogen) atoms. The lowest BCUT2D eigenvalue weighted by Crippen LogP contribution is -2.57. The van der Waals surface area contributed by atoms with Crippen molar-refractivity contribution < 1.29 is 29.0 Å². The minimum Gasteiger partial charge on any atom is -0.480 e. The summed E-state index contributed by atoms with van der Waals surface area (Å²) >= 11 is 8.14. The van der Waals surface area contributed by atoms with E-state index in [0.717, 1.165) is 22.3 Å². The minimum absolute atomic E-state index is 0.000714. The molecule has 3 amide bonds. The molecule has 5 N–H and O–H groups in total. The van der Waals surface area contributed by atoms with Gasteiger partial charge in [0.25, 0.3) is 0 Å². The number of carbonyl (C=O) groups excluding carboxylic acids is 3. The Hall–Kier alpha value is -3.97. The van der Waals surface area contributed by atoms with Gasteiger partial charge in [0.1, 0.15) is 24.7 Å². The van der Waals surface area contributed by atoms with Crippen LogP contribution in [0, 0.1) is 0 Å². The summed E-state index contributed by atoms with van der Waals surface area (Å²) < 4.78 is 5.52. The highest BCUT2D eigenvalue weighted by molar-refractivity contribution is 7.80. The first-order valence-corrected chi connectivity index (χ1v) is 13.7. The molecule has 0 aliphatic heterocycles. The summed E-state index contributed by atoms with van der Waals surface area (Å²) in [6.45, 7) is 0.0614. The zero-order valence-electron chi connectivity index (χ0n) is 21.2. The lowest BCUT2D eigenvalue weighted by Gasteiger charge is -2.23. The number of aliphatic carboxylic acids is 1. The molecule has 210 valence electrons. The summed E-state index contributed by atoms with van der Waals surface area (Å²) in [5, 5.41) is 16.7. The van der Waals surface area contributed by atoms with E-state index in [2.05, 4.69) is 51.2 Å². The fourth-order valence-corrected chi connectivity index (χ4v) is 5.04. The highest BCUT2D eigenvalue weighted by atomic mass is 32.1. The molecule has 2 aromatic carbocycles. The molecule has 0 fully saturated rings. The van der Waals surface area contributed by atoms with Crippen molar-refractivity contribution in [2.45, 2.75) is 30.5 Å². The molecule has 0 unspecified atom stereocenters. The number of nitrogens with one attached hydrogen (secondary N) is 4. The predicted molar refractivity (Wildman–Crippen MR) is 153 cm³/mol. The molecule has 0 spiro atoms. The van der Waals surface area contributed by atoms with Gasteiger partial charge in [0.05, 0.1) is 6.33 Å². The minimum atomic E-state index is -1.26. The maximum absolute atomic E-state index is 13.1. The number of rotatable bonds is 12. The molecule has 0 bridgehead atoms. The van der Waals surface area contributed by atoms with E-state index in [4.69, 9.17) is 4.74 Å². The Balaban J connectivity index is 1.39. The number of carbonyl (C=O) groups is 4. The number of hydrogen-bond acceptors (Lipinski definition) is 8. The maximum Gasteiger partial charge on any atom is 0.407 e. The number of alkyl carbamates (subject to hydrolysis) is 1. The van der Waals surface area contributed by atoms with Gasteiger partial charge < -0.3 is 30.8 Å². The molecule has 1 aromatic heterocycles. The molecular formula is C27H29N5O6S2. The number of imidazole rings is 1. The number of aromatic nitrogens is 2. The lowest BCUT2D eigenvalue weighted by molar-refractivity contribution is -0.141. The van der Waals surface area contributed by atoms with Crippen LogP contribution in [0.15, 0.2) is 61.1 Å². The third kappa shape index (κ3) is 6.77. The molecule has 11 nitrogen and oxygen atoms in total. The van der Waals surface area contributed by atoms with Gasteiger partial charge in [-0.3, -0.25) is 9.59 Å². The van der Waals surface area contributed by atoms with Crippen LogP contribution in [-0.2, 0) is 25.5 Å². The average molecular weight is 584 g/mol. The molecule has 1 aliphatic carbocycles. The van der Waals surface area contributed by atoms with Gasteiger partial charge in [0, 0.05) is 35.7 Å². The highest BCUT2D eigenvalue weighted by Gasteiger charge is 2.31. The van der Waals surface area contributed by atoms with Crippen molar-refractivity contribution in [1.29, 1.82) is 0 Å². The first-order chi connectivity index (χ1) is 19.3. The van der Waals surface area contributed by atoms with Gasteiger partial charge >= 0.3 is 12.1 Å². The fraction of sp³-hybridized carbons (Fsp3) is 0.296. The van der Waals surface area contributed by atoms with Gasteiger partial charge in [-0.2, -0.15) is 25.3 Å². The molecule has 13 heteroatoms. The van der Waals surface area contributed by atoms with Crippen molar-refractivity contribution in [2.75, 3.05) is 18.1 Å². The lowest BCUT2D eigenvalue weighted by atomic mass is 9.98. The second-order valence-electron chi connectivity index (χ2n) is 9.13. The van der Waals surface area contributed by atoms with Crippen molar-refractivity contribution >= 4 is 49.1 Å². The van der Waals surface area contributed by atoms with Gasteiger partial charge in [-0.1, -0.05) is 48.5 Å². The third-order valence-corrected chi connectivity index (χ3v) is 7.27. The summed E-state index contributed by atoms with van der Waals surface area (Å²) in [6, 6.07) is 12.3. The first kappa shape index (κ1) is 29.0. The smallest absolute Gasteiger partial charge is 0.407 e. The molecule has 0 radical (unpaired) electrons. The van der Waals surface area contributed by atoms with E-state index in [1.165, 1.54) is 12.5 Å². The molecule has 3 atom stereocenters. The zero-order valence-corrected chi connectivity index (χ0v) is 23.0. The standard InChI is InChI=1S/C27H29N5O6S2/c33-24(31-23(13-40)26(35)36)21(9-15-10-28-14-29-15)30-25(34)22(12-39)32-27(37)38-11-20-18-7-3-1-5-16(18)17-6-2-4-8-19(17)20/h1-8,10,14,20-23,39-40H,9,11-13H2,(H,28,29)(H,30,34)(H,31,33)(H,32,37)(H,35,36)/t21-,22-,23-/m0/s1. The second kappa shape index (κ2) is 13.4. The number of benzene rings is 2. The van der Waals surface area contributed by atoms with Crippen LogP contribution in [0.4, 0.5) is 4.79 Å². The largest absolute Gasteiger partial charge is 0.480 e. The monoisotopic (exact) mass is 583 g/mol. The summed E-state index contributed by atoms with van der Waals surface area (Å²) in [7, 11) is 0. The van der Waals surface area contributed by atoms with Gasteiger partial charge in [0.2, 0.25) is 11.8 Å². The Bertz CT molecular complexity index is 1320. The first-order valence-electron chi connectivity index (χ1n) is 12.5. The van der Waals surface area contributed by atoms with Crippen LogP contribution in [0.2, 0.25) is 0 Å². The number of hydrogen-bond donors (Lipinski definition) is 7. The van der Waals surface area contributed by atoms with E-state index in [-0.39, 0.29) is 30.5 Å². The predicted octanol–water partition coefficient (Wildman–Crippen LogP) is 1.77. The summed E-state index contributed by atoms with van der Waals surface area (Å²) in [5.74, 6) is -3.07. The van der Waals surface area contributed by atoms with E-state index in [9.17, 15) is 24.3 Å². The van der Waals surface area contributed by atoms with E-state index in [0.29, 0.717) is 5.69 Å². The van der Waals surface area contributed by atoms with Crippen LogP contribution in [-0.4, -0.2) is 75.2 Å². The number of fused-ring (bicyclic) bond motifs is 3. The van der Waals surface area contributed by atoms with Crippen molar-refractivity contribution in [3.8, 4) is 11.1 Å². The van der Waals surface area contributed by atoms with Crippen LogP contribution < -0.4 is 16.0 Å². The van der Waals surface area contributed by atoms with Crippen molar-refractivity contribution in [3.63, 3.8) is 0 Å². The highest BCUT2D eigenvalue weighted by Crippen LogP contribution is 2.44. The molecule has 1 aliphatic rings. The zero-order chi connectivity index (χ0) is 28.6. The molecule has 0 saturated heterocycles. The second-order valence-corrected chi connectivity index (χ2v) is 9.86. The topological polar surface area (TPSA) is 163 Å². The molecular weight excluding hydrogens is 554 g/mol. The van der Waals surface area contributed by atoms with E-state index in [1.807, 2.05) is 48.5 Å². The summed E-state index contributed by atoms with van der Waals surface area (Å²) in [5.41, 5.74) is 4.81. The number of carboxylic acids is 1. The van der Waals surface area contributed by atoms with E-state index in [1.54, 1.807) is 0 Å². The van der Waals surface area contributed by atoms with Crippen LogP contribution in [0.3, 0.4) is 0 Å². The maximum atomic E-state index is 13.1. The molecule has 1 heterocycles. The van der Waals surface area contributed by atoms with Crippen LogP contribution in [0.1, 0.15) is 22.7 Å². The van der Waals surface area contributed by atoms with E-state index < -0.39 is 42.0 Å². The number of ether oxygens (including phenoxy) is 1. The Kier molecular flexibility index (Phi) is 9.72. The number of aromatic amines is 1. The third-order valence-electron chi connectivity index (χ3n) is 6.54. The summed E-state index contributed by atoms with van der Waals surface area (Å²) in [4.78, 5) is 56.8. The van der Waals surface area contributed by atoms with Gasteiger partial charge in [-0.05, 0) is 22.3 Å².